The predicted molar refractivity (Wildman–Crippen MR) is 75.7 cm³/mol. The monoisotopic (exact) mass is 277 g/mol. The van der Waals surface area contributed by atoms with Crippen LogP contribution in [0.25, 0.3) is 0 Å². The Bertz CT molecular complexity index is 516. The third kappa shape index (κ3) is 3.48. The minimum Gasteiger partial charge on any atom is -0.482 e. The lowest BCUT2D eigenvalue weighted by molar-refractivity contribution is -0.121. The van der Waals surface area contributed by atoms with Gasteiger partial charge in [-0.1, -0.05) is 6.07 Å². The average molecular weight is 277 g/mol. The van der Waals surface area contributed by atoms with Gasteiger partial charge in [-0.2, -0.15) is 0 Å². The number of anilines is 1. The molecule has 2 rings (SSSR count). The number of hydrogen-bond donors (Lipinski definition) is 3. The van der Waals surface area contributed by atoms with Crippen molar-refractivity contribution in [2.75, 3.05) is 25.5 Å². The number of carbonyl (C=O) groups excluding carboxylic acids is 2. The number of hydrogen-bond acceptors (Lipinski definition) is 4. The number of nitrogens with one attached hydrogen (secondary N) is 3. The zero-order valence-electron chi connectivity index (χ0n) is 11.7. The minimum absolute atomic E-state index is 0.00939. The third-order valence-electron chi connectivity index (χ3n) is 3.12. The van der Waals surface area contributed by atoms with Crippen LogP contribution < -0.4 is 20.7 Å². The second-order valence-electron chi connectivity index (χ2n) is 4.74. The molecule has 1 aliphatic heterocycles. The molecule has 0 fully saturated rings. The number of carbonyl (C=O) groups is 2. The van der Waals surface area contributed by atoms with Crippen molar-refractivity contribution in [2.45, 2.75) is 19.4 Å². The fraction of sp³-hybridized carbons (Fsp3) is 0.429. The molecule has 0 aromatic heterocycles. The van der Waals surface area contributed by atoms with E-state index in [-0.39, 0.29) is 24.5 Å². The SMILES string of the molecule is CNCCC(=O)N[C@@H](C)c1ccc2c(c1)NC(=O)CO2. The molecule has 1 aliphatic rings. The summed E-state index contributed by atoms with van der Waals surface area (Å²) in [6.07, 6.45) is 0.436. The zero-order valence-corrected chi connectivity index (χ0v) is 11.7. The molecule has 0 saturated heterocycles. The van der Waals surface area contributed by atoms with Gasteiger partial charge in [-0.15, -0.1) is 0 Å². The van der Waals surface area contributed by atoms with Crippen LogP contribution in [0.4, 0.5) is 5.69 Å². The van der Waals surface area contributed by atoms with Gasteiger partial charge in [0.25, 0.3) is 5.91 Å². The van der Waals surface area contributed by atoms with E-state index in [4.69, 9.17) is 4.74 Å². The highest BCUT2D eigenvalue weighted by Gasteiger charge is 2.18. The molecule has 0 aliphatic carbocycles. The first-order chi connectivity index (χ1) is 9.60. The molecule has 1 atom stereocenters. The lowest BCUT2D eigenvalue weighted by Crippen LogP contribution is -2.29. The summed E-state index contributed by atoms with van der Waals surface area (Å²) >= 11 is 0. The lowest BCUT2D eigenvalue weighted by atomic mass is 10.1. The molecule has 20 heavy (non-hydrogen) atoms. The Kier molecular flexibility index (Phi) is 4.57. The van der Waals surface area contributed by atoms with Gasteiger partial charge in [-0.25, -0.2) is 0 Å². The highest BCUT2D eigenvalue weighted by Crippen LogP contribution is 2.30. The first-order valence-electron chi connectivity index (χ1n) is 6.60. The van der Waals surface area contributed by atoms with Crippen molar-refractivity contribution >= 4 is 17.5 Å². The molecule has 0 spiro atoms. The maximum absolute atomic E-state index is 11.7. The summed E-state index contributed by atoms with van der Waals surface area (Å²) in [5.74, 6) is 0.479. The molecule has 6 nitrogen and oxygen atoms in total. The Morgan fingerprint density at radius 2 is 2.30 bits per heavy atom. The highest BCUT2D eigenvalue weighted by molar-refractivity contribution is 5.95. The van der Waals surface area contributed by atoms with E-state index >= 15 is 0 Å². The van der Waals surface area contributed by atoms with Crippen molar-refractivity contribution in [1.29, 1.82) is 0 Å². The van der Waals surface area contributed by atoms with Crippen molar-refractivity contribution in [1.82, 2.24) is 10.6 Å². The summed E-state index contributed by atoms with van der Waals surface area (Å²) in [7, 11) is 1.81. The van der Waals surface area contributed by atoms with Gasteiger partial charge in [0.2, 0.25) is 5.91 Å². The van der Waals surface area contributed by atoms with Crippen molar-refractivity contribution < 1.29 is 14.3 Å². The van der Waals surface area contributed by atoms with Crippen molar-refractivity contribution in [2.24, 2.45) is 0 Å². The van der Waals surface area contributed by atoms with Crippen LogP contribution >= 0.6 is 0 Å². The number of ether oxygens (including phenoxy) is 1. The molecule has 0 saturated carbocycles. The molecule has 1 heterocycles. The van der Waals surface area contributed by atoms with Gasteiger partial charge in [0.1, 0.15) is 5.75 Å². The molecule has 1 aromatic carbocycles. The van der Waals surface area contributed by atoms with Crippen LogP contribution in [-0.2, 0) is 9.59 Å². The van der Waals surface area contributed by atoms with E-state index in [1.165, 1.54) is 0 Å². The second kappa shape index (κ2) is 6.38. The quantitative estimate of drug-likeness (QED) is 0.744. The summed E-state index contributed by atoms with van der Waals surface area (Å²) in [6, 6.07) is 5.40. The maximum Gasteiger partial charge on any atom is 0.262 e. The maximum atomic E-state index is 11.7. The van der Waals surface area contributed by atoms with E-state index < -0.39 is 0 Å². The topological polar surface area (TPSA) is 79.5 Å². The Hall–Kier alpha value is -2.08. The number of fused-ring (bicyclic) bond motifs is 1. The molecule has 0 radical (unpaired) electrons. The van der Waals surface area contributed by atoms with Gasteiger partial charge in [0.15, 0.2) is 6.61 Å². The number of amides is 2. The highest BCUT2D eigenvalue weighted by atomic mass is 16.5. The van der Waals surface area contributed by atoms with Crippen LogP contribution in [0.2, 0.25) is 0 Å². The average Bonchev–Trinajstić information content (AvgIpc) is 2.44. The normalized spacial score (nSPS) is 14.8. The summed E-state index contributed by atoms with van der Waals surface area (Å²) in [6.45, 7) is 2.60. The van der Waals surface area contributed by atoms with Crippen LogP contribution in [-0.4, -0.2) is 32.0 Å². The van der Waals surface area contributed by atoms with E-state index in [2.05, 4.69) is 16.0 Å². The molecule has 6 heteroatoms. The molecular weight excluding hydrogens is 258 g/mol. The Balaban J connectivity index is 2.03. The molecule has 108 valence electrons. The summed E-state index contributed by atoms with van der Waals surface area (Å²) in [5, 5.41) is 8.61. The van der Waals surface area contributed by atoms with Crippen molar-refractivity contribution in [3.8, 4) is 5.75 Å². The van der Waals surface area contributed by atoms with Crippen LogP contribution in [0.15, 0.2) is 18.2 Å². The minimum atomic E-state index is -0.166. The molecular formula is C14H19N3O3. The van der Waals surface area contributed by atoms with Gasteiger partial charge in [-0.05, 0) is 31.7 Å². The number of benzene rings is 1. The fourth-order valence-electron chi connectivity index (χ4n) is 2.01. The molecule has 0 unspecified atom stereocenters. The van der Waals surface area contributed by atoms with Crippen LogP contribution in [0, 0.1) is 0 Å². The van der Waals surface area contributed by atoms with Gasteiger partial charge < -0.3 is 20.7 Å². The van der Waals surface area contributed by atoms with E-state index in [0.29, 0.717) is 24.4 Å². The molecule has 3 N–H and O–H groups in total. The lowest BCUT2D eigenvalue weighted by Gasteiger charge is -2.21. The van der Waals surface area contributed by atoms with E-state index in [0.717, 1.165) is 5.56 Å². The van der Waals surface area contributed by atoms with Crippen LogP contribution in [0.5, 0.6) is 5.75 Å². The Morgan fingerprint density at radius 3 is 3.05 bits per heavy atom. The predicted octanol–water partition coefficient (Wildman–Crippen LogP) is 0.804. The first kappa shape index (κ1) is 14.3. The third-order valence-corrected chi connectivity index (χ3v) is 3.12. The van der Waals surface area contributed by atoms with Crippen LogP contribution in [0.3, 0.4) is 0 Å². The van der Waals surface area contributed by atoms with Crippen LogP contribution in [0.1, 0.15) is 24.9 Å². The van der Waals surface area contributed by atoms with Gasteiger partial charge >= 0.3 is 0 Å². The molecule has 1 aromatic rings. The summed E-state index contributed by atoms with van der Waals surface area (Å²) in [5.41, 5.74) is 1.57. The van der Waals surface area contributed by atoms with Gasteiger partial charge in [0.05, 0.1) is 11.7 Å². The second-order valence-corrected chi connectivity index (χ2v) is 4.74. The number of rotatable bonds is 5. The van der Waals surface area contributed by atoms with Crippen molar-refractivity contribution in [3.05, 3.63) is 23.8 Å². The van der Waals surface area contributed by atoms with Gasteiger partial charge in [-0.3, -0.25) is 9.59 Å². The fourth-order valence-corrected chi connectivity index (χ4v) is 2.01. The van der Waals surface area contributed by atoms with E-state index in [1.54, 1.807) is 6.07 Å². The zero-order chi connectivity index (χ0) is 14.5. The molecule has 2 amide bonds. The van der Waals surface area contributed by atoms with Crippen molar-refractivity contribution in [3.63, 3.8) is 0 Å². The van der Waals surface area contributed by atoms with Gasteiger partial charge in [0, 0.05) is 13.0 Å². The summed E-state index contributed by atoms with van der Waals surface area (Å²) < 4.78 is 5.30. The first-order valence-corrected chi connectivity index (χ1v) is 6.60. The molecule has 0 bridgehead atoms. The standard InChI is InChI=1S/C14H19N3O3/c1-9(16-13(18)5-6-15-2)10-3-4-12-11(7-10)17-14(19)8-20-12/h3-4,7,9,15H,5-6,8H2,1-2H3,(H,16,18)(H,17,19)/t9-/m0/s1. The largest absolute Gasteiger partial charge is 0.482 e. The summed E-state index contributed by atoms with van der Waals surface area (Å²) in [4.78, 5) is 23.0. The van der Waals surface area contributed by atoms with E-state index in [1.807, 2.05) is 26.1 Å². The van der Waals surface area contributed by atoms with E-state index in [9.17, 15) is 9.59 Å². The Morgan fingerprint density at radius 1 is 1.50 bits per heavy atom. The Labute approximate surface area is 117 Å². The smallest absolute Gasteiger partial charge is 0.262 e.